The first kappa shape index (κ1) is 27.7. The summed E-state index contributed by atoms with van der Waals surface area (Å²) < 4.78 is 32.7. The van der Waals surface area contributed by atoms with Crippen molar-refractivity contribution in [3.63, 3.8) is 0 Å². The third kappa shape index (κ3) is 7.31. The number of aliphatic carboxylic acids is 1. The Hall–Kier alpha value is -3.89. The van der Waals surface area contributed by atoms with Crippen LogP contribution < -0.4 is 21.2 Å². The van der Waals surface area contributed by atoms with Crippen LogP contribution >= 0.6 is 0 Å². The Kier molecular flexibility index (Phi) is 9.26. The van der Waals surface area contributed by atoms with Gasteiger partial charge in [0.15, 0.2) is 17.4 Å². The number of carbonyl (C=O) groups excluding carboxylic acids is 3. The number of Topliss-reactive ketones (excluding diaryl/α,β-unsaturated/α-hetero) is 1. The summed E-state index contributed by atoms with van der Waals surface area (Å²) in [4.78, 5) is 54.2. The fourth-order valence-electron chi connectivity index (χ4n) is 3.89. The van der Waals surface area contributed by atoms with Crippen LogP contribution in [-0.4, -0.2) is 52.3 Å². The van der Waals surface area contributed by atoms with Crippen molar-refractivity contribution >= 4 is 35.7 Å². The molecule has 3 N–H and O–H groups in total. The molecule has 0 bridgehead atoms. The molecule has 0 spiro atoms. The molecule has 0 aromatic carbocycles. The fourth-order valence-corrected chi connectivity index (χ4v) is 3.89. The number of carbonyl (C=O) groups is 4. The van der Waals surface area contributed by atoms with Crippen LogP contribution in [0.2, 0.25) is 0 Å². The van der Waals surface area contributed by atoms with Crippen LogP contribution in [-0.2, 0) is 19.1 Å². The predicted molar refractivity (Wildman–Crippen MR) is 129 cm³/mol. The van der Waals surface area contributed by atoms with Crippen LogP contribution in [0.25, 0.3) is 12.2 Å². The van der Waals surface area contributed by atoms with E-state index in [4.69, 9.17) is 4.74 Å². The predicted octanol–water partition coefficient (Wildman–Crippen LogP) is 1.56. The van der Waals surface area contributed by atoms with Gasteiger partial charge in [0.1, 0.15) is 30.2 Å². The lowest BCUT2D eigenvalue weighted by Gasteiger charge is -2.24. The normalized spacial score (nSPS) is 16.4. The number of nitrogens with zero attached hydrogens (tertiary/aromatic N) is 1. The monoisotopic (exact) mass is 517 g/mol. The maximum atomic E-state index is 13.9. The molecule has 0 fully saturated rings. The minimum Gasteiger partial charge on any atom is -0.481 e. The van der Waals surface area contributed by atoms with Crippen LogP contribution in [0.5, 0.6) is 0 Å². The van der Waals surface area contributed by atoms with Crippen molar-refractivity contribution in [3.8, 4) is 0 Å². The second kappa shape index (κ2) is 12.4. The standard InChI is InChI=1S/C26H29F2N3O6/c1-14(2)23(31-25(35)19-11-10-15-6-3-4-9-18(15)29-19)26(36)30-20(12-22(33)34)21(32)13-37-24-16(27)7-5-8-17(24)28/h6-7,9-11,14,20,23H,3-5,8,12-13H2,1-2H3,(H,30,36)(H,31,35)(H,33,34). The van der Waals surface area contributed by atoms with E-state index < -0.39 is 72.0 Å². The third-order valence-electron chi connectivity index (χ3n) is 5.89. The Bertz CT molecular complexity index is 1270. The van der Waals surface area contributed by atoms with Gasteiger partial charge in [0, 0.05) is 6.42 Å². The summed E-state index contributed by atoms with van der Waals surface area (Å²) in [5, 5.41) is 15.7. The van der Waals surface area contributed by atoms with E-state index >= 15 is 0 Å². The number of halogens is 2. The highest BCUT2D eigenvalue weighted by Gasteiger charge is 2.31. The van der Waals surface area contributed by atoms with Crippen LogP contribution in [0.4, 0.5) is 8.78 Å². The highest BCUT2D eigenvalue weighted by atomic mass is 19.1. The van der Waals surface area contributed by atoms with Crippen molar-refractivity contribution in [2.45, 2.75) is 58.0 Å². The summed E-state index contributed by atoms with van der Waals surface area (Å²) in [5.41, 5.74) is 0.105. The van der Waals surface area contributed by atoms with Crippen LogP contribution in [0, 0.1) is 5.92 Å². The van der Waals surface area contributed by atoms with E-state index in [2.05, 4.69) is 15.6 Å². The molecule has 0 saturated heterocycles. The lowest BCUT2D eigenvalue weighted by Crippen LogP contribution is -2.54. The zero-order valence-electron chi connectivity index (χ0n) is 20.6. The number of fused-ring (bicyclic) bond motifs is 1. The number of aromatic nitrogens is 1. The first-order chi connectivity index (χ1) is 17.6. The summed E-state index contributed by atoms with van der Waals surface area (Å²) in [6.45, 7) is 2.48. The van der Waals surface area contributed by atoms with Gasteiger partial charge in [-0.05, 0) is 42.5 Å². The number of amides is 2. The summed E-state index contributed by atoms with van der Waals surface area (Å²) in [5.74, 6) is -6.64. The number of nitrogens with one attached hydrogen (secondary N) is 2. The molecule has 11 heteroatoms. The summed E-state index contributed by atoms with van der Waals surface area (Å²) >= 11 is 0. The van der Waals surface area contributed by atoms with Gasteiger partial charge >= 0.3 is 5.97 Å². The largest absolute Gasteiger partial charge is 0.481 e. The number of ketones is 1. The smallest absolute Gasteiger partial charge is 0.305 e. The molecule has 0 saturated carbocycles. The molecule has 2 atom stereocenters. The first-order valence-corrected chi connectivity index (χ1v) is 12.0. The molecular formula is C26H29F2N3O6. The van der Waals surface area contributed by atoms with Gasteiger partial charge in [0.05, 0.1) is 11.8 Å². The number of rotatable bonds is 11. The molecule has 2 amide bonds. The van der Waals surface area contributed by atoms with E-state index in [-0.39, 0.29) is 18.5 Å². The molecule has 1 aromatic rings. The molecule has 2 aliphatic carbocycles. The lowest BCUT2D eigenvalue weighted by atomic mass is 10.0. The lowest BCUT2D eigenvalue weighted by molar-refractivity contribution is -0.141. The van der Waals surface area contributed by atoms with Crippen LogP contribution in [0.15, 0.2) is 35.6 Å². The highest BCUT2D eigenvalue weighted by molar-refractivity contribution is 5.98. The topological polar surface area (TPSA) is 135 Å². The Balaban J connectivity index is 1.70. The second-order valence-electron chi connectivity index (χ2n) is 9.09. The SMILES string of the molecule is CC(C)C(NC(=O)c1ccc2c(n1)=CCCC=2)C(=O)NC(CC(=O)O)C(=O)COC1=C(F)CCC=C1F. The zero-order valence-corrected chi connectivity index (χ0v) is 20.6. The van der Waals surface area contributed by atoms with Crippen LogP contribution in [0.1, 0.15) is 56.4 Å². The number of hydrogen-bond donors (Lipinski definition) is 3. The Morgan fingerprint density at radius 2 is 1.78 bits per heavy atom. The number of allylic oxidation sites excluding steroid dienone is 3. The molecular weight excluding hydrogens is 488 g/mol. The third-order valence-corrected chi connectivity index (χ3v) is 5.89. The summed E-state index contributed by atoms with van der Waals surface area (Å²) in [6, 6.07) is 0.640. The van der Waals surface area contributed by atoms with Crippen molar-refractivity contribution < 1.29 is 37.8 Å². The fraction of sp³-hybridized carbons (Fsp3) is 0.423. The molecule has 2 aliphatic rings. The Morgan fingerprint density at radius 3 is 2.46 bits per heavy atom. The molecule has 2 unspecified atom stereocenters. The van der Waals surface area contributed by atoms with E-state index in [0.717, 1.165) is 24.1 Å². The van der Waals surface area contributed by atoms with Gasteiger partial charge in [-0.15, -0.1) is 0 Å². The van der Waals surface area contributed by atoms with Gasteiger partial charge in [-0.25, -0.2) is 13.8 Å². The van der Waals surface area contributed by atoms with E-state index in [1.165, 1.54) is 0 Å². The van der Waals surface area contributed by atoms with Gasteiger partial charge < -0.3 is 20.5 Å². The highest BCUT2D eigenvalue weighted by Crippen LogP contribution is 2.27. The maximum absolute atomic E-state index is 13.9. The van der Waals surface area contributed by atoms with E-state index in [0.29, 0.717) is 5.35 Å². The zero-order chi connectivity index (χ0) is 27.1. The molecule has 0 aliphatic heterocycles. The van der Waals surface area contributed by atoms with Gasteiger partial charge in [0.25, 0.3) is 5.91 Å². The molecule has 1 aromatic heterocycles. The van der Waals surface area contributed by atoms with E-state index in [1.54, 1.807) is 26.0 Å². The number of hydrogen-bond acceptors (Lipinski definition) is 6. The molecule has 0 radical (unpaired) electrons. The summed E-state index contributed by atoms with van der Waals surface area (Å²) in [7, 11) is 0. The van der Waals surface area contributed by atoms with Crippen molar-refractivity contribution in [1.82, 2.24) is 15.6 Å². The number of carboxylic acid groups (broad SMARTS) is 1. The minimum atomic E-state index is -1.55. The average molecular weight is 518 g/mol. The Labute approximate surface area is 212 Å². The maximum Gasteiger partial charge on any atom is 0.305 e. The van der Waals surface area contributed by atoms with Gasteiger partial charge in [-0.2, -0.15) is 0 Å². The Morgan fingerprint density at radius 1 is 1.05 bits per heavy atom. The van der Waals surface area contributed by atoms with E-state index in [1.807, 2.05) is 12.2 Å². The van der Waals surface area contributed by atoms with Crippen molar-refractivity contribution in [2.75, 3.05) is 6.61 Å². The molecule has 37 heavy (non-hydrogen) atoms. The van der Waals surface area contributed by atoms with Crippen molar-refractivity contribution in [3.05, 3.63) is 51.9 Å². The molecule has 1 heterocycles. The number of pyridine rings is 1. The van der Waals surface area contributed by atoms with Crippen molar-refractivity contribution in [2.24, 2.45) is 5.92 Å². The molecule has 198 valence electrons. The average Bonchev–Trinajstić information content (AvgIpc) is 2.85. The first-order valence-electron chi connectivity index (χ1n) is 12.0. The van der Waals surface area contributed by atoms with Crippen LogP contribution in [0.3, 0.4) is 0 Å². The summed E-state index contributed by atoms with van der Waals surface area (Å²) in [6.07, 6.45) is 6.01. The minimum absolute atomic E-state index is 0.0859. The number of carboxylic acids is 1. The van der Waals surface area contributed by atoms with Gasteiger partial charge in [0.2, 0.25) is 5.91 Å². The molecule has 3 rings (SSSR count). The van der Waals surface area contributed by atoms with Gasteiger partial charge in [-0.1, -0.05) is 32.1 Å². The van der Waals surface area contributed by atoms with Crippen molar-refractivity contribution in [1.29, 1.82) is 0 Å². The number of ether oxygens (including phenoxy) is 1. The quantitative estimate of drug-likeness (QED) is 0.406. The van der Waals surface area contributed by atoms with Gasteiger partial charge in [-0.3, -0.25) is 19.2 Å². The second-order valence-corrected chi connectivity index (χ2v) is 9.09. The molecule has 9 nitrogen and oxygen atoms in total. The van der Waals surface area contributed by atoms with E-state index in [9.17, 15) is 33.1 Å².